The lowest BCUT2D eigenvalue weighted by Crippen LogP contribution is -2.44. The van der Waals surface area contributed by atoms with Crippen molar-refractivity contribution in [3.63, 3.8) is 0 Å². The summed E-state index contributed by atoms with van der Waals surface area (Å²) in [7, 11) is 1.85. The predicted molar refractivity (Wildman–Crippen MR) is 141 cm³/mol. The zero-order chi connectivity index (χ0) is 20.8. The number of anilines is 1. The van der Waals surface area contributed by atoms with Gasteiger partial charge in [0.1, 0.15) is 0 Å². The molecule has 2 unspecified atom stereocenters. The van der Waals surface area contributed by atoms with Crippen LogP contribution in [0.1, 0.15) is 24.5 Å². The van der Waals surface area contributed by atoms with Gasteiger partial charge in [0.2, 0.25) is 0 Å². The smallest absolute Gasteiger partial charge is 0.191 e. The number of guanidine groups is 1. The summed E-state index contributed by atoms with van der Waals surface area (Å²) >= 11 is 0. The fourth-order valence-electron chi connectivity index (χ4n) is 4.37. The van der Waals surface area contributed by atoms with Crippen LogP contribution in [0.5, 0.6) is 0 Å². The second kappa shape index (κ2) is 11.5. The molecule has 2 aromatic carbocycles. The lowest BCUT2D eigenvalue weighted by Gasteiger charge is -2.21. The van der Waals surface area contributed by atoms with Crippen LogP contribution in [-0.4, -0.2) is 49.6 Å². The molecule has 0 aliphatic carbocycles. The molecule has 0 radical (unpaired) electrons. The van der Waals surface area contributed by atoms with E-state index < -0.39 is 0 Å². The summed E-state index contributed by atoms with van der Waals surface area (Å²) in [6.07, 6.45) is 5.58. The topological polar surface area (TPSA) is 42.9 Å². The van der Waals surface area contributed by atoms with E-state index in [9.17, 15) is 0 Å². The molecule has 0 bridgehead atoms. The van der Waals surface area contributed by atoms with Crippen molar-refractivity contribution in [1.29, 1.82) is 0 Å². The first kappa shape index (κ1) is 23.6. The van der Waals surface area contributed by atoms with Crippen molar-refractivity contribution < 1.29 is 0 Å². The van der Waals surface area contributed by atoms with E-state index in [1.54, 1.807) is 0 Å². The van der Waals surface area contributed by atoms with Gasteiger partial charge < -0.3 is 15.5 Å². The van der Waals surface area contributed by atoms with Crippen LogP contribution in [0.2, 0.25) is 0 Å². The number of aliphatic imine (C=N–C) groups is 1. The molecule has 6 heteroatoms. The number of nitrogens with zero attached hydrogens (tertiary/aromatic N) is 3. The van der Waals surface area contributed by atoms with Gasteiger partial charge in [0, 0.05) is 57.5 Å². The van der Waals surface area contributed by atoms with Crippen LogP contribution in [0, 0.1) is 0 Å². The summed E-state index contributed by atoms with van der Waals surface area (Å²) in [5.74, 6) is 0.877. The normalized spacial score (nSPS) is 21.2. The van der Waals surface area contributed by atoms with E-state index in [0.717, 1.165) is 45.1 Å². The maximum Gasteiger partial charge on any atom is 0.191 e. The average molecular weight is 531 g/mol. The minimum atomic E-state index is 0. The molecule has 4 rings (SSSR count). The van der Waals surface area contributed by atoms with E-state index in [1.165, 1.54) is 16.8 Å². The third-order valence-electron chi connectivity index (χ3n) is 6.05. The Kier molecular flexibility index (Phi) is 8.78. The SMILES string of the molecule is CN=C(NCc1cccc(N2CC=CC2)c1)NC1CC(C)N(Cc2ccccc2)C1.I. The summed E-state index contributed by atoms with van der Waals surface area (Å²) in [6.45, 7) is 7.13. The van der Waals surface area contributed by atoms with Crippen molar-refractivity contribution in [2.45, 2.75) is 38.5 Å². The Labute approximate surface area is 203 Å². The standard InChI is InChI=1S/C25H33N5.HI/c1-20-15-23(19-30(20)18-21-9-4-3-5-10-21)28-25(26-2)27-17-22-11-8-12-24(16-22)29-13-6-7-14-29;/h3-12,16,20,23H,13-15,17-19H2,1-2H3,(H2,26,27,28);1H. The van der Waals surface area contributed by atoms with Gasteiger partial charge in [0.05, 0.1) is 0 Å². The van der Waals surface area contributed by atoms with Gasteiger partial charge in [-0.15, -0.1) is 24.0 Å². The third-order valence-corrected chi connectivity index (χ3v) is 6.05. The molecule has 2 heterocycles. The molecule has 5 nitrogen and oxygen atoms in total. The Morgan fingerprint density at radius 3 is 2.52 bits per heavy atom. The summed E-state index contributed by atoms with van der Waals surface area (Å²) in [4.78, 5) is 9.38. The summed E-state index contributed by atoms with van der Waals surface area (Å²) in [5, 5.41) is 7.12. The highest BCUT2D eigenvalue weighted by molar-refractivity contribution is 14.0. The quantitative estimate of drug-likeness (QED) is 0.256. The van der Waals surface area contributed by atoms with Crippen LogP contribution < -0.4 is 15.5 Å². The highest BCUT2D eigenvalue weighted by atomic mass is 127. The molecule has 2 atom stereocenters. The average Bonchev–Trinajstić information content (AvgIpc) is 3.42. The van der Waals surface area contributed by atoms with E-state index in [-0.39, 0.29) is 24.0 Å². The molecule has 2 N–H and O–H groups in total. The highest BCUT2D eigenvalue weighted by Gasteiger charge is 2.29. The second-order valence-electron chi connectivity index (χ2n) is 8.31. The van der Waals surface area contributed by atoms with Crippen molar-refractivity contribution in [2.75, 3.05) is 31.6 Å². The Morgan fingerprint density at radius 2 is 1.77 bits per heavy atom. The van der Waals surface area contributed by atoms with Crippen molar-refractivity contribution in [2.24, 2.45) is 4.99 Å². The van der Waals surface area contributed by atoms with E-state index in [0.29, 0.717) is 12.1 Å². The van der Waals surface area contributed by atoms with E-state index in [4.69, 9.17) is 0 Å². The first-order chi connectivity index (χ1) is 14.7. The zero-order valence-electron chi connectivity index (χ0n) is 18.5. The van der Waals surface area contributed by atoms with E-state index in [2.05, 4.69) is 99.1 Å². The number of likely N-dealkylation sites (tertiary alicyclic amines) is 1. The predicted octanol–water partition coefficient (Wildman–Crippen LogP) is 4.01. The van der Waals surface area contributed by atoms with Crippen molar-refractivity contribution in [1.82, 2.24) is 15.5 Å². The van der Waals surface area contributed by atoms with Crippen LogP contribution >= 0.6 is 24.0 Å². The largest absolute Gasteiger partial charge is 0.364 e. The van der Waals surface area contributed by atoms with Crippen LogP contribution in [0.15, 0.2) is 71.7 Å². The lowest BCUT2D eigenvalue weighted by molar-refractivity contribution is 0.258. The van der Waals surface area contributed by atoms with Crippen molar-refractivity contribution in [3.8, 4) is 0 Å². The molecular formula is C25H34IN5. The molecule has 1 fully saturated rings. The molecule has 0 aromatic heterocycles. The minimum absolute atomic E-state index is 0. The number of nitrogens with one attached hydrogen (secondary N) is 2. The molecule has 166 valence electrons. The second-order valence-corrected chi connectivity index (χ2v) is 8.31. The van der Waals surface area contributed by atoms with Gasteiger partial charge in [-0.1, -0.05) is 54.6 Å². The van der Waals surface area contributed by atoms with Gasteiger partial charge in [-0.05, 0) is 36.6 Å². The fourth-order valence-corrected chi connectivity index (χ4v) is 4.37. The molecule has 2 aromatic rings. The van der Waals surface area contributed by atoms with Gasteiger partial charge in [0.25, 0.3) is 0 Å². The molecule has 2 aliphatic rings. The number of rotatable bonds is 6. The number of hydrogen-bond acceptors (Lipinski definition) is 3. The highest BCUT2D eigenvalue weighted by Crippen LogP contribution is 2.21. The third kappa shape index (κ3) is 6.46. The van der Waals surface area contributed by atoms with Crippen LogP contribution in [0.25, 0.3) is 0 Å². The lowest BCUT2D eigenvalue weighted by atomic mass is 10.2. The molecule has 0 saturated carbocycles. The Morgan fingerprint density at radius 1 is 1.03 bits per heavy atom. The van der Waals surface area contributed by atoms with Crippen LogP contribution in [-0.2, 0) is 13.1 Å². The van der Waals surface area contributed by atoms with Crippen molar-refractivity contribution in [3.05, 3.63) is 77.9 Å². The molecule has 31 heavy (non-hydrogen) atoms. The first-order valence-electron chi connectivity index (χ1n) is 11.0. The Bertz CT molecular complexity index is 874. The van der Waals surface area contributed by atoms with E-state index in [1.807, 2.05) is 7.05 Å². The summed E-state index contributed by atoms with van der Waals surface area (Å²) < 4.78 is 0. The molecule has 0 amide bonds. The maximum atomic E-state index is 4.46. The van der Waals surface area contributed by atoms with Gasteiger partial charge in [-0.2, -0.15) is 0 Å². The fraction of sp³-hybridized carbons (Fsp3) is 0.400. The first-order valence-corrected chi connectivity index (χ1v) is 11.0. The van der Waals surface area contributed by atoms with Gasteiger partial charge in [-0.25, -0.2) is 0 Å². The zero-order valence-corrected chi connectivity index (χ0v) is 20.8. The van der Waals surface area contributed by atoms with E-state index >= 15 is 0 Å². The van der Waals surface area contributed by atoms with Crippen molar-refractivity contribution >= 4 is 35.6 Å². The van der Waals surface area contributed by atoms with Gasteiger partial charge in [0.15, 0.2) is 5.96 Å². The summed E-state index contributed by atoms with van der Waals surface area (Å²) in [6, 6.07) is 20.5. The van der Waals surface area contributed by atoms with Crippen LogP contribution in [0.4, 0.5) is 5.69 Å². The molecule has 2 aliphatic heterocycles. The number of benzene rings is 2. The van der Waals surface area contributed by atoms with Gasteiger partial charge >= 0.3 is 0 Å². The van der Waals surface area contributed by atoms with Crippen LogP contribution in [0.3, 0.4) is 0 Å². The molecular weight excluding hydrogens is 497 g/mol. The Balaban J connectivity index is 0.00000272. The Hall–Kier alpha value is -2.06. The number of hydrogen-bond donors (Lipinski definition) is 2. The van der Waals surface area contributed by atoms with Gasteiger partial charge in [-0.3, -0.25) is 9.89 Å². The summed E-state index contributed by atoms with van der Waals surface area (Å²) in [5.41, 5.74) is 3.93. The molecule has 0 spiro atoms. The number of halogens is 1. The monoisotopic (exact) mass is 531 g/mol. The molecule has 1 saturated heterocycles. The minimum Gasteiger partial charge on any atom is -0.364 e. The maximum absolute atomic E-state index is 4.46.